The van der Waals surface area contributed by atoms with Crippen molar-refractivity contribution >= 4 is 23.5 Å². The Labute approximate surface area is 207 Å². The summed E-state index contributed by atoms with van der Waals surface area (Å²) < 4.78 is 18.9. The Morgan fingerprint density at radius 2 is 1.89 bits per heavy atom. The molecular weight excluding hydrogens is 481 g/mol. The highest BCUT2D eigenvalue weighted by atomic mass is 35.5. The number of piperazine rings is 1. The topological polar surface area (TPSA) is 113 Å². The second-order valence-electron chi connectivity index (χ2n) is 8.68. The first-order valence-electron chi connectivity index (χ1n) is 11.1. The summed E-state index contributed by atoms with van der Waals surface area (Å²) in [6.07, 6.45) is -0.429. The van der Waals surface area contributed by atoms with Gasteiger partial charge in [-0.3, -0.25) is 19.8 Å². The van der Waals surface area contributed by atoms with Crippen LogP contribution in [0.5, 0.6) is 5.75 Å². The lowest BCUT2D eigenvalue weighted by Crippen LogP contribution is -2.58. The molecule has 3 atom stereocenters. The number of aliphatic carboxylic acids is 1. The largest absolute Gasteiger partial charge is 0.483 e. The van der Waals surface area contributed by atoms with E-state index in [0.717, 1.165) is 5.56 Å². The van der Waals surface area contributed by atoms with Crippen molar-refractivity contribution in [1.82, 2.24) is 9.80 Å². The standard InChI is InChI=1S/C24H27ClFN3O6/c1-15-12-28(16(2)11-27(15)13-17-3-6-20(26)7-4-17)23(30)14-35-22-8-5-19(25)9-18(22)10-21(24(31)32)29(33)34/h3-9,15-16,21H,10-14H2,1-2H3,(H,31,32). The Kier molecular flexibility index (Phi) is 8.63. The molecule has 1 aliphatic heterocycles. The van der Waals surface area contributed by atoms with E-state index in [1.54, 1.807) is 17.0 Å². The van der Waals surface area contributed by atoms with Gasteiger partial charge in [-0.2, -0.15) is 0 Å². The van der Waals surface area contributed by atoms with Crippen LogP contribution in [0.25, 0.3) is 0 Å². The van der Waals surface area contributed by atoms with Crippen LogP contribution in [0.3, 0.4) is 0 Å². The molecule has 35 heavy (non-hydrogen) atoms. The van der Waals surface area contributed by atoms with Crippen LogP contribution in [-0.2, 0) is 22.6 Å². The third-order valence-corrected chi connectivity index (χ3v) is 6.30. The van der Waals surface area contributed by atoms with E-state index >= 15 is 0 Å². The minimum absolute atomic E-state index is 0.0581. The molecule has 188 valence electrons. The minimum atomic E-state index is -1.86. The number of hydrogen-bond acceptors (Lipinski definition) is 6. The summed E-state index contributed by atoms with van der Waals surface area (Å²) in [5.74, 6) is -1.94. The molecule has 0 aliphatic carbocycles. The molecule has 1 aliphatic rings. The van der Waals surface area contributed by atoms with E-state index in [9.17, 15) is 24.1 Å². The molecular formula is C24H27ClFN3O6. The highest BCUT2D eigenvalue weighted by molar-refractivity contribution is 6.30. The Balaban J connectivity index is 1.63. The van der Waals surface area contributed by atoms with Crippen LogP contribution in [0.2, 0.25) is 5.02 Å². The number of nitrogens with zero attached hydrogens (tertiary/aromatic N) is 3. The molecule has 0 aromatic heterocycles. The van der Waals surface area contributed by atoms with Crippen LogP contribution in [0, 0.1) is 15.9 Å². The molecule has 0 saturated carbocycles. The number of carboxylic acid groups (broad SMARTS) is 1. The zero-order valence-electron chi connectivity index (χ0n) is 19.4. The zero-order valence-corrected chi connectivity index (χ0v) is 20.2. The van der Waals surface area contributed by atoms with E-state index in [-0.39, 0.29) is 46.8 Å². The van der Waals surface area contributed by atoms with Gasteiger partial charge >= 0.3 is 12.0 Å². The molecule has 0 radical (unpaired) electrons. The van der Waals surface area contributed by atoms with E-state index < -0.39 is 23.4 Å². The van der Waals surface area contributed by atoms with Gasteiger partial charge in [-0.1, -0.05) is 23.7 Å². The molecule has 1 fully saturated rings. The number of carbonyl (C=O) groups excluding carboxylic acids is 1. The lowest BCUT2D eigenvalue weighted by Gasteiger charge is -2.44. The predicted octanol–water partition coefficient (Wildman–Crippen LogP) is 3.25. The van der Waals surface area contributed by atoms with E-state index in [1.165, 1.54) is 30.3 Å². The van der Waals surface area contributed by atoms with Crippen LogP contribution in [0.1, 0.15) is 25.0 Å². The molecule has 3 rings (SSSR count). The lowest BCUT2D eigenvalue weighted by atomic mass is 10.1. The van der Waals surface area contributed by atoms with Gasteiger partial charge in [0.05, 0.1) is 6.42 Å². The quantitative estimate of drug-likeness (QED) is 0.409. The first kappa shape index (κ1) is 26.4. The molecule has 0 bridgehead atoms. The van der Waals surface area contributed by atoms with Crippen molar-refractivity contribution in [3.8, 4) is 5.75 Å². The Hall–Kier alpha value is -3.24. The van der Waals surface area contributed by atoms with Crippen molar-refractivity contribution in [2.45, 2.75) is 44.9 Å². The number of benzene rings is 2. The number of ether oxygens (including phenoxy) is 1. The third kappa shape index (κ3) is 6.89. The van der Waals surface area contributed by atoms with Crippen LogP contribution in [-0.4, -0.2) is 69.5 Å². The molecule has 11 heteroatoms. The van der Waals surface area contributed by atoms with E-state index in [2.05, 4.69) is 4.90 Å². The van der Waals surface area contributed by atoms with Gasteiger partial charge < -0.3 is 14.7 Å². The molecule has 1 amide bonds. The number of amides is 1. The van der Waals surface area contributed by atoms with Gasteiger partial charge in [-0.25, -0.2) is 9.18 Å². The van der Waals surface area contributed by atoms with E-state index in [0.29, 0.717) is 19.6 Å². The maximum atomic E-state index is 13.2. The van der Waals surface area contributed by atoms with Crippen molar-refractivity contribution in [3.63, 3.8) is 0 Å². The fourth-order valence-corrected chi connectivity index (χ4v) is 4.32. The lowest BCUT2D eigenvalue weighted by molar-refractivity contribution is -0.509. The van der Waals surface area contributed by atoms with Crippen LogP contribution in [0.15, 0.2) is 42.5 Å². The van der Waals surface area contributed by atoms with Crippen LogP contribution in [0.4, 0.5) is 4.39 Å². The van der Waals surface area contributed by atoms with Gasteiger partial charge in [0.1, 0.15) is 11.6 Å². The number of carboxylic acids is 1. The Bertz CT molecular complexity index is 1070. The van der Waals surface area contributed by atoms with Crippen molar-refractivity contribution in [1.29, 1.82) is 0 Å². The fraction of sp³-hybridized carbons (Fsp3) is 0.417. The van der Waals surface area contributed by atoms with Gasteiger partial charge in [-0.05, 0) is 49.7 Å². The summed E-state index contributed by atoms with van der Waals surface area (Å²) in [5.41, 5.74) is 1.22. The average Bonchev–Trinajstić information content (AvgIpc) is 2.79. The first-order chi connectivity index (χ1) is 16.5. The average molecular weight is 508 g/mol. The monoisotopic (exact) mass is 507 g/mol. The smallest absolute Gasteiger partial charge is 0.379 e. The van der Waals surface area contributed by atoms with Crippen LogP contribution >= 0.6 is 11.6 Å². The summed E-state index contributed by atoms with van der Waals surface area (Å²) in [4.78, 5) is 38.4. The predicted molar refractivity (Wildman–Crippen MR) is 127 cm³/mol. The number of hydrogen-bond donors (Lipinski definition) is 1. The van der Waals surface area contributed by atoms with Crippen molar-refractivity contribution < 1.29 is 28.7 Å². The van der Waals surface area contributed by atoms with Gasteiger partial charge in [0.15, 0.2) is 6.61 Å². The molecule has 9 nitrogen and oxygen atoms in total. The highest BCUT2D eigenvalue weighted by Crippen LogP contribution is 2.26. The molecule has 0 spiro atoms. The normalized spacial score (nSPS) is 19.3. The molecule has 1 saturated heterocycles. The summed E-state index contributed by atoms with van der Waals surface area (Å²) >= 11 is 5.99. The van der Waals surface area contributed by atoms with Crippen molar-refractivity contribution in [3.05, 3.63) is 74.5 Å². The maximum absolute atomic E-state index is 13.2. The maximum Gasteiger partial charge on any atom is 0.379 e. The number of carbonyl (C=O) groups is 2. The second-order valence-corrected chi connectivity index (χ2v) is 9.12. The highest BCUT2D eigenvalue weighted by Gasteiger charge is 2.33. The fourth-order valence-electron chi connectivity index (χ4n) is 4.12. The zero-order chi connectivity index (χ0) is 25.7. The van der Waals surface area contributed by atoms with Gasteiger partial charge in [0.2, 0.25) is 0 Å². The van der Waals surface area contributed by atoms with Gasteiger partial charge in [0, 0.05) is 47.2 Å². The summed E-state index contributed by atoms with van der Waals surface area (Å²) in [6.45, 7) is 5.38. The molecule has 2 aromatic carbocycles. The van der Waals surface area contributed by atoms with Crippen molar-refractivity contribution in [2.24, 2.45) is 0 Å². The second kappa shape index (κ2) is 11.5. The van der Waals surface area contributed by atoms with Crippen LogP contribution < -0.4 is 4.74 Å². The molecule has 1 N–H and O–H groups in total. The molecule has 3 unspecified atom stereocenters. The minimum Gasteiger partial charge on any atom is -0.483 e. The number of nitro groups is 1. The van der Waals surface area contributed by atoms with E-state index in [1.807, 2.05) is 13.8 Å². The SMILES string of the molecule is CC1CN(C(=O)COc2ccc(Cl)cc2CC(C(=O)O)[N+](=O)[O-])C(C)CN1Cc1ccc(F)cc1. The summed E-state index contributed by atoms with van der Waals surface area (Å²) in [6, 6.07) is 8.82. The number of halogens is 2. The molecule has 1 heterocycles. The first-order valence-corrected chi connectivity index (χ1v) is 11.5. The van der Waals surface area contributed by atoms with Gasteiger partial charge in [-0.15, -0.1) is 0 Å². The van der Waals surface area contributed by atoms with E-state index in [4.69, 9.17) is 21.4 Å². The van der Waals surface area contributed by atoms with Gasteiger partial charge in [0.25, 0.3) is 5.91 Å². The van der Waals surface area contributed by atoms with Crippen molar-refractivity contribution in [2.75, 3.05) is 19.7 Å². The Morgan fingerprint density at radius 3 is 2.51 bits per heavy atom. The Morgan fingerprint density at radius 1 is 1.20 bits per heavy atom. The summed E-state index contributed by atoms with van der Waals surface area (Å²) in [7, 11) is 0. The molecule has 2 aromatic rings. The third-order valence-electron chi connectivity index (χ3n) is 6.06. The number of rotatable bonds is 9. The summed E-state index contributed by atoms with van der Waals surface area (Å²) in [5, 5.41) is 20.5.